The van der Waals surface area contributed by atoms with Gasteiger partial charge in [-0.05, 0) is 60.2 Å². The fourth-order valence-corrected chi connectivity index (χ4v) is 3.92. The molecule has 1 N–H and O–H groups in total. The van der Waals surface area contributed by atoms with Crippen molar-refractivity contribution in [3.63, 3.8) is 0 Å². The van der Waals surface area contributed by atoms with Crippen LogP contribution in [0.25, 0.3) is 0 Å². The smallest absolute Gasteiger partial charge is 0.408 e. The molecule has 1 amide bonds. The Kier molecular flexibility index (Phi) is 6.33. The zero-order valence-corrected chi connectivity index (χ0v) is 17.1. The van der Waals surface area contributed by atoms with E-state index in [-0.39, 0.29) is 33.3 Å². The summed E-state index contributed by atoms with van der Waals surface area (Å²) < 4.78 is 58.5. The zero-order valence-electron chi connectivity index (χ0n) is 15.5. The van der Waals surface area contributed by atoms with Crippen LogP contribution in [0.2, 0.25) is 5.02 Å². The normalized spacial score (nSPS) is 11.2. The topological polar surface area (TPSA) is 85.4 Å². The number of carbonyl (C=O) groups excluding carboxylic acids is 1. The van der Waals surface area contributed by atoms with E-state index < -0.39 is 27.6 Å². The Morgan fingerprint density at radius 1 is 1.10 bits per heavy atom. The minimum Gasteiger partial charge on any atom is -0.408 e. The average Bonchev–Trinajstić information content (AvgIpc) is 2.72. The third-order valence-electron chi connectivity index (χ3n) is 4.08. The monoisotopic (exact) mass is 452 g/mol. The van der Waals surface area contributed by atoms with Gasteiger partial charge in [-0.1, -0.05) is 11.6 Å². The van der Waals surface area contributed by atoms with Gasteiger partial charge in [0.25, 0.3) is 0 Å². The molecule has 0 radical (unpaired) electrons. The summed E-state index contributed by atoms with van der Waals surface area (Å²) in [6, 6.07) is 10.7. The number of hydrogen-bond acceptors (Lipinski definition) is 5. The summed E-state index contributed by atoms with van der Waals surface area (Å²) in [5.74, 6) is -1.48. The molecule has 10 heteroatoms. The number of pyridine rings is 1. The van der Waals surface area contributed by atoms with Crippen LogP contribution in [0.1, 0.15) is 11.3 Å². The minimum atomic E-state index is -4.03. The van der Waals surface area contributed by atoms with E-state index >= 15 is 0 Å². The van der Waals surface area contributed by atoms with Crippen LogP contribution in [-0.2, 0) is 16.3 Å². The molecule has 0 aliphatic heterocycles. The van der Waals surface area contributed by atoms with E-state index in [1.807, 2.05) is 0 Å². The predicted octanol–water partition coefficient (Wildman–Crippen LogP) is 4.16. The predicted molar refractivity (Wildman–Crippen MR) is 105 cm³/mol. The Morgan fingerprint density at radius 2 is 1.80 bits per heavy atom. The van der Waals surface area contributed by atoms with E-state index in [1.54, 1.807) is 0 Å². The number of benzene rings is 2. The summed E-state index contributed by atoms with van der Waals surface area (Å²) in [6.45, 7) is 0. The van der Waals surface area contributed by atoms with Gasteiger partial charge in [0.15, 0.2) is 10.8 Å². The molecular formula is C20H15ClF2N2O4S. The van der Waals surface area contributed by atoms with Crippen LogP contribution >= 0.6 is 11.6 Å². The lowest BCUT2D eigenvalue weighted by molar-refractivity contribution is 0.202. The second kappa shape index (κ2) is 8.76. The molecule has 0 aliphatic carbocycles. The number of carbonyl (C=O) groups is 1. The Balaban J connectivity index is 2.08. The van der Waals surface area contributed by atoms with Gasteiger partial charge >= 0.3 is 6.09 Å². The van der Waals surface area contributed by atoms with E-state index in [2.05, 4.69) is 10.3 Å². The molecule has 1 heterocycles. The minimum absolute atomic E-state index is 0.0535. The molecule has 3 rings (SSSR count). The number of nitrogens with one attached hydrogen (secondary N) is 1. The van der Waals surface area contributed by atoms with Gasteiger partial charge in [-0.3, -0.25) is 0 Å². The maximum absolute atomic E-state index is 14.1. The summed E-state index contributed by atoms with van der Waals surface area (Å²) in [7, 11) is -2.70. The summed E-state index contributed by atoms with van der Waals surface area (Å²) in [4.78, 5) is 15.6. The highest BCUT2D eigenvalue weighted by Crippen LogP contribution is 2.27. The zero-order chi connectivity index (χ0) is 21.9. The molecule has 0 fully saturated rings. The molecule has 0 aliphatic rings. The van der Waals surface area contributed by atoms with E-state index in [4.69, 9.17) is 16.3 Å². The lowest BCUT2D eigenvalue weighted by Crippen LogP contribution is -2.23. The number of halogens is 3. The Bertz CT molecular complexity index is 1200. The van der Waals surface area contributed by atoms with Crippen LogP contribution in [0.5, 0.6) is 5.75 Å². The highest BCUT2D eigenvalue weighted by molar-refractivity contribution is 7.91. The lowest BCUT2D eigenvalue weighted by Gasteiger charge is -2.12. The van der Waals surface area contributed by atoms with Gasteiger partial charge in [0.2, 0.25) is 9.84 Å². The maximum atomic E-state index is 14.1. The van der Waals surface area contributed by atoms with E-state index in [0.717, 1.165) is 24.3 Å². The summed E-state index contributed by atoms with van der Waals surface area (Å²) >= 11 is 5.80. The molecule has 0 atom stereocenters. The molecule has 0 spiro atoms. The number of nitrogens with zero attached hydrogens (tertiary/aromatic N) is 1. The number of aromatic nitrogens is 1. The van der Waals surface area contributed by atoms with Crippen LogP contribution < -0.4 is 10.1 Å². The van der Waals surface area contributed by atoms with Crippen molar-refractivity contribution in [3.8, 4) is 5.75 Å². The average molecular weight is 453 g/mol. The lowest BCUT2D eigenvalue weighted by atomic mass is 10.1. The van der Waals surface area contributed by atoms with Gasteiger partial charge in [-0.15, -0.1) is 0 Å². The molecule has 1 aromatic heterocycles. The van der Waals surface area contributed by atoms with Gasteiger partial charge < -0.3 is 10.1 Å². The first-order chi connectivity index (χ1) is 14.2. The first-order valence-corrected chi connectivity index (χ1v) is 10.4. The van der Waals surface area contributed by atoms with Crippen molar-refractivity contribution in [2.75, 3.05) is 7.05 Å². The number of amides is 1. The summed E-state index contributed by atoms with van der Waals surface area (Å²) in [5.41, 5.74) is -0.136. The second-order valence-corrected chi connectivity index (χ2v) is 8.44. The summed E-state index contributed by atoms with van der Waals surface area (Å²) in [6.07, 6.45) is -1.13. The fourth-order valence-electron chi connectivity index (χ4n) is 2.58. The molecular weight excluding hydrogens is 438 g/mol. The van der Waals surface area contributed by atoms with Crippen LogP contribution in [-0.4, -0.2) is 26.5 Å². The van der Waals surface area contributed by atoms with Crippen LogP contribution in [0, 0.1) is 11.6 Å². The highest BCUT2D eigenvalue weighted by Gasteiger charge is 2.22. The van der Waals surface area contributed by atoms with Crippen molar-refractivity contribution in [2.45, 2.75) is 16.3 Å². The molecule has 0 saturated heterocycles. The van der Waals surface area contributed by atoms with Crippen LogP contribution in [0.4, 0.5) is 13.6 Å². The van der Waals surface area contributed by atoms with Gasteiger partial charge in [0.1, 0.15) is 11.6 Å². The van der Waals surface area contributed by atoms with Crippen LogP contribution in [0.3, 0.4) is 0 Å². The first kappa shape index (κ1) is 21.7. The van der Waals surface area contributed by atoms with E-state index in [9.17, 15) is 22.0 Å². The van der Waals surface area contributed by atoms with Crippen molar-refractivity contribution < 1.29 is 26.7 Å². The number of hydrogen-bond donors (Lipinski definition) is 1. The molecule has 0 bridgehead atoms. The Hall–Kier alpha value is -3.04. The third-order valence-corrected chi connectivity index (χ3v) is 6.00. The second-order valence-electron chi connectivity index (χ2n) is 6.10. The first-order valence-electron chi connectivity index (χ1n) is 8.55. The van der Waals surface area contributed by atoms with Gasteiger partial charge in [0.05, 0.1) is 10.6 Å². The van der Waals surface area contributed by atoms with Crippen molar-refractivity contribution in [1.82, 2.24) is 10.3 Å². The fraction of sp³-hybridized carbons (Fsp3) is 0.100. The number of sulfone groups is 1. The highest BCUT2D eigenvalue weighted by atomic mass is 35.5. The van der Waals surface area contributed by atoms with E-state index in [0.29, 0.717) is 5.02 Å². The quantitative estimate of drug-likeness (QED) is 0.628. The molecule has 3 aromatic rings. The third kappa shape index (κ3) is 4.74. The molecule has 2 aromatic carbocycles. The van der Waals surface area contributed by atoms with Crippen LogP contribution in [0.15, 0.2) is 64.5 Å². The summed E-state index contributed by atoms with van der Waals surface area (Å²) in [5, 5.41) is 2.26. The van der Waals surface area contributed by atoms with Crippen molar-refractivity contribution in [3.05, 3.63) is 82.5 Å². The number of ether oxygens (including phenoxy) is 1. The Morgan fingerprint density at radius 3 is 2.47 bits per heavy atom. The molecule has 6 nitrogen and oxygen atoms in total. The SMILES string of the molecule is CNC(=O)Oc1ccc(S(=O)(=O)c2ccc(Cl)cc2)nc1Cc1cc(F)ccc1F. The van der Waals surface area contributed by atoms with Gasteiger partial charge in [0, 0.05) is 18.5 Å². The maximum Gasteiger partial charge on any atom is 0.412 e. The van der Waals surface area contributed by atoms with Crippen molar-refractivity contribution in [2.24, 2.45) is 0 Å². The molecule has 0 unspecified atom stereocenters. The van der Waals surface area contributed by atoms with Gasteiger partial charge in [-0.25, -0.2) is 27.0 Å². The van der Waals surface area contributed by atoms with Gasteiger partial charge in [-0.2, -0.15) is 0 Å². The number of rotatable bonds is 5. The standard InChI is InChI=1S/C20H15ClF2N2O4S/c1-24-20(26)29-18-8-9-19(30(27,28)15-5-2-13(21)3-6-15)25-17(18)11-12-10-14(22)4-7-16(12)23/h2-10H,11H2,1H3,(H,24,26). The van der Waals surface area contributed by atoms with Crippen molar-refractivity contribution in [1.29, 1.82) is 0 Å². The van der Waals surface area contributed by atoms with Crippen molar-refractivity contribution >= 4 is 27.5 Å². The largest absolute Gasteiger partial charge is 0.412 e. The van der Waals surface area contributed by atoms with E-state index in [1.165, 1.54) is 37.4 Å². The molecule has 0 saturated carbocycles. The molecule has 30 heavy (non-hydrogen) atoms. The molecule has 156 valence electrons. The Labute approximate surface area is 176 Å².